The molecular weight excluding hydrogens is 884 g/mol. The molecule has 2 atom stereocenters. The summed E-state index contributed by atoms with van der Waals surface area (Å²) in [6.07, 6.45) is 0.756. The molecule has 1 fully saturated rings. The number of amides is 4. The van der Waals surface area contributed by atoms with Gasteiger partial charge in [0.25, 0.3) is 0 Å². The predicted molar refractivity (Wildman–Crippen MR) is 228 cm³/mol. The third kappa shape index (κ3) is 32.4. The largest absolute Gasteiger partial charge is 0.481 e. The molecule has 1 aliphatic rings. The number of rotatable bonds is 35. The van der Waals surface area contributed by atoms with Crippen LogP contribution >= 0.6 is 0 Å². The molecule has 27 heteroatoms. The van der Waals surface area contributed by atoms with Crippen LogP contribution in [0.15, 0.2) is 0 Å². The van der Waals surface area contributed by atoms with Crippen molar-refractivity contribution in [3.05, 3.63) is 0 Å². The number of hydrogen-bond donors (Lipinski definition) is 10. The number of carbonyl (C=O) groups excluding carboxylic acids is 3. The fourth-order valence-electron chi connectivity index (χ4n) is 6.20. The van der Waals surface area contributed by atoms with Gasteiger partial charge in [-0.05, 0) is 19.3 Å². The van der Waals surface area contributed by atoms with Crippen molar-refractivity contribution in [2.24, 2.45) is 0 Å². The third-order valence-electron chi connectivity index (χ3n) is 9.67. The van der Waals surface area contributed by atoms with E-state index in [4.69, 9.17) is 29.2 Å². The Morgan fingerprint density at radius 3 is 1.32 bits per heavy atom. The molecule has 4 amide bonds. The predicted octanol–water partition coefficient (Wildman–Crippen LogP) is -3.26. The second kappa shape index (κ2) is 35.9. The topological polar surface area (TPSA) is 373 Å². The van der Waals surface area contributed by atoms with E-state index < -0.39 is 60.4 Å². The van der Waals surface area contributed by atoms with Gasteiger partial charge in [0.2, 0.25) is 11.8 Å². The first kappa shape index (κ1) is 58.7. The number of aliphatic carboxylic acids is 6. The van der Waals surface area contributed by atoms with Crippen molar-refractivity contribution in [1.82, 2.24) is 40.9 Å². The van der Waals surface area contributed by atoms with Crippen LogP contribution in [0.3, 0.4) is 0 Å². The fourth-order valence-corrected chi connectivity index (χ4v) is 6.20. The Labute approximate surface area is 382 Å². The number of ether oxygens (including phenoxy) is 4. The van der Waals surface area contributed by atoms with Gasteiger partial charge in [0, 0.05) is 78.3 Å². The molecule has 0 spiro atoms. The van der Waals surface area contributed by atoms with E-state index in [1.54, 1.807) is 14.7 Å². The average molecular weight is 953 g/mol. The molecule has 0 aromatic heterocycles. The molecule has 0 saturated carbocycles. The molecule has 1 aliphatic heterocycles. The summed E-state index contributed by atoms with van der Waals surface area (Å²) in [5, 5.41) is 65.1. The normalized spacial score (nSPS) is 15.6. The highest BCUT2D eigenvalue weighted by Crippen LogP contribution is 2.06. The average Bonchev–Trinajstić information content (AvgIpc) is 3.23. The van der Waals surface area contributed by atoms with Gasteiger partial charge < -0.3 is 70.9 Å². The number of nitrogens with zero attached hydrogens (tertiary/aromatic N) is 4. The minimum atomic E-state index is -1.50. The molecule has 1 saturated heterocycles. The van der Waals surface area contributed by atoms with Gasteiger partial charge in [-0.1, -0.05) is 12.8 Å². The van der Waals surface area contributed by atoms with Crippen LogP contribution in [0.4, 0.5) is 4.79 Å². The molecule has 0 aliphatic carbocycles. The Bertz CT molecular complexity index is 1480. The first-order valence-electron chi connectivity index (χ1n) is 21.6. The summed E-state index contributed by atoms with van der Waals surface area (Å²) in [6.45, 7) is 3.27. The minimum Gasteiger partial charge on any atom is -0.481 e. The van der Waals surface area contributed by atoms with Crippen LogP contribution in [-0.2, 0) is 57.3 Å². The zero-order chi connectivity index (χ0) is 49.1. The van der Waals surface area contributed by atoms with Crippen LogP contribution in [-0.4, -0.2) is 254 Å². The van der Waals surface area contributed by atoms with Gasteiger partial charge >= 0.3 is 41.8 Å². The smallest absolute Gasteiger partial charge is 0.326 e. The molecule has 1 rings (SSSR count). The maximum absolute atomic E-state index is 12.8. The maximum Gasteiger partial charge on any atom is 0.326 e. The van der Waals surface area contributed by atoms with Crippen LogP contribution in [0.25, 0.3) is 0 Å². The molecule has 0 bridgehead atoms. The van der Waals surface area contributed by atoms with Crippen LogP contribution in [0.5, 0.6) is 0 Å². The fraction of sp³-hybridized carbons (Fsp3) is 0.769. The number of unbranched alkanes of at least 4 members (excludes halogenated alkanes) is 2. The Morgan fingerprint density at radius 2 is 0.848 bits per heavy atom. The van der Waals surface area contributed by atoms with Gasteiger partial charge in [-0.2, -0.15) is 0 Å². The number of hydrogen-bond acceptors (Lipinski definition) is 17. The molecule has 0 radical (unpaired) electrons. The van der Waals surface area contributed by atoms with Crippen molar-refractivity contribution in [1.29, 1.82) is 0 Å². The van der Waals surface area contributed by atoms with E-state index in [1.165, 1.54) is 0 Å². The summed E-state index contributed by atoms with van der Waals surface area (Å²) in [5.74, 6) is -7.69. The van der Waals surface area contributed by atoms with E-state index in [9.17, 15) is 63.6 Å². The van der Waals surface area contributed by atoms with Crippen molar-refractivity contribution >= 4 is 53.7 Å². The van der Waals surface area contributed by atoms with Crippen LogP contribution in [0.1, 0.15) is 44.9 Å². The van der Waals surface area contributed by atoms with E-state index in [0.717, 1.165) is 0 Å². The summed E-state index contributed by atoms with van der Waals surface area (Å²) >= 11 is 0. The minimum absolute atomic E-state index is 0.0211. The second-order valence-corrected chi connectivity index (χ2v) is 15.1. The van der Waals surface area contributed by atoms with Crippen LogP contribution in [0, 0.1) is 0 Å². The van der Waals surface area contributed by atoms with Gasteiger partial charge in [-0.3, -0.25) is 48.4 Å². The lowest BCUT2D eigenvalue weighted by molar-refractivity contribution is -0.141. The van der Waals surface area contributed by atoms with Gasteiger partial charge in [0.15, 0.2) is 0 Å². The molecule has 0 aromatic carbocycles. The molecule has 378 valence electrons. The number of carbonyl (C=O) groups is 9. The number of nitrogens with one attached hydrogen (secondary N) is 4. The molecular formula is C39H68N8O19. The SMILES string of the molecule is O=C(O)CC[C@H](NC(=O)N[C@@H](CCCCCNC(=O)CCOCCOCCOCOCCNC(=O)CN1CCN(CC(=O)O)CCN(CC(=O)O)CCN(CC(=O)O)CC1)C(=O)O)C(=O)O. The Balaban J connectivity index is 2.17. The molecule has 1 heterocycles. The number of carboxylic acids is 6. The first-order chi connectivity index (χ1) is 31.4. The van der Waals surface area contributed by atoms with E-state index in [-0.39, 0.29) is 136 Å². The van der Waals surface area contributed by atoms with Crippen molar-refractivity contribution in [3.8, 4) is 0 Å². The quantitative estimate of drug-likeness (QED) is 0.0220. The molecule has 10 N–H and O–H groups in total. The Kier molecular flexibility index (Phi) is 31.9. The summed E-state index contributed by atoms with van der Waals surface area (Å²) < 4.78 is 21.6. The van der Waals surface area contributed by atoms with Crippen molar-refractivity contribution in [3.63, 3.8) is 0 Å². The van der Waals surface area contributed by atoms with Gasteiger partial charge in [-0.15, -0.1) is 0 Å². The van der Waals surface area contributed by atoms with Crippen molar-refractivity contribution in [2.45, 2.75) is 57.0 Å². The highest BCUT2D eigenvalue weighted by Gasteiger charge is 2.25. The zero-order valence-electron chi connectivity index (χ0n) is 37.2. The molecule has 0 aromatic rings. The number of carboxylic acid groups (broad SMARTS) is 6. The molecule has 27 nitrogen and oxygen atoms in total. The van der Waals surface area contributed by atoms with E-state index in [1.807, 2.05) is 4.90 Å². The van der Waals surface area contributed by atoms with Gasteiger partial charge in [-0.25, -0.2) is 14.4 Å². The molecule has 66 heavy (non-hydrogen) atoms. The molecule has 0 unspecified atom stereocenters. The lowest BCUT2D eigenvalue weighted by atomic mass is 10.1. The summed E-state index contributed by atoms with van der Waals surface area (Å²) in [6, 6.07) is -3.84. The van der Waals surface area contributed by atoms with Crippen molar-refractivity contribution in [2.75, 3.05) is 138 Å². The van der Waals surface area contributed by atoms with Gasteiger partial charge in [0.1, 0.15) is 18.9 Å². The number of urea groups is 1. The monoisotopic (exact) mass is 952 g/mol. The third-order valence-corrected chi connectivity index (χ3v) is 9.67. The highest BCUT2D eigenvalue weighted by atomic mass is 16.7. The van der Waals surface area contributed by atoms with E-state index in [0.29, 0.717) is 52.0 Å². The van der Waals surface area contributed by atoms with Crippen LogP contribution < -0.4 is 21.3 Å². The van der Waals surface area contributed by atoms with E-state index >= 15 is 0 Å². The summed E-state index contributed by atoms with van der Waals surface area (Å²) in [5.41, 5.74) is 0. The standard InChI is InChI=1S/C39H68N8O19/c48-31(40-8-3-1-2-4-29(37(58)59)42-39(62)43-30(38(60)61)5-6-33(50)51)7-18-63-20-21-64-22-23-66-28-65-19-9-41-32(49)24-44-10-12-45(25-34(52)53)14-16-47(27-36(56)57)17-15-46(13-11-44)26-35(54)55/h29-30H,1-28H2,(H,40,48)(H,41,49)(H,50,51)(H,52,53)(H,54,55)(H,56,57)(H,58,59)(H,60,61)(H2,42,43,62)/t29-,30-/m0/s1. The van der Waals surface area contributed by atoms with Crippen LogP contribution in [0.2, 0.25) is 0 Å². The Hall–Kier alpha value is -5.29. The maximum atomic E-state index is 12.8. The van der Waals surface area contributed by atoms with Crippen molar-refractivity contribution < 1.29 is 92.7 Å². The highest BCUT2D eigenvalue weighted by molar-refractivity contribution is 5.86. The lowest BCUT2D eigenvalue weighted by Gasteiger charge is -2.32. The first-order valence-corrected chi connectivity index (χ1v) is 21.6. The summed E-state index contributed by atoms with van der Waals surface area (Å²) in [4.78, 5) is 112. The lowest BCUT2D eigenvalue weighted by Crippen LogP contribution is -2.51. The Morgan fingerprint density at radius 1 is 0.424 bits per heavy atom. The van der Waals surface area contributed by atoms with Gasteiger partial charge in [0.05, 0.1) is 65.8 Å². The van der Waals surface area contributed by atoms with E-state index in [2.05, 4.69) is 21.3 Å². The summed E-state index contributed by atoms with van der Waals surface area (Å²) in [7, 11) is 0. The second-order valence-electron chi connectivity index (χ2n) is 15.1. The zero-order valence-corrected chi connectivity index (χ0v) is 37.2.